The van der Waals surface area contributed by atoms with E-state index in [-0.39, 0.29) is 29.1 Å². The molecule has 0 aliphatic rings. The standard InChI is InChI=1S/C30H36ClN3O5S/c1-5-22(2)32-30(36)23(3)33(19-18-24-10-7-6-8-11-24)29(35)21-34(26-13-9-12-25(31)20-26)40(37,38)28-16-14-27(39-4)15-17-28/h6-17,20,22-23H,5,18-19,21H2,1-4H3,(H,32,36)/t22-,23-/m1/s1. The Morgan fingerprint density at radius 3 is 2.25 bits per heavy atom. The van der Waals surface area contributed by atoms with Crippen molar-refractivity contribution < 1.29 is 22.7 Å². The minimum Gasteiger partial charge on any atom is -0.497 e. The predicted molar refractivity (Wildman–Crippen MR) is 158 cm³/mol. The van der Waals surface area contributed by atoms with Crippen molar-refractivity contribution in [2.24, 2.45) is 0 Å². The monoisotopic (exact) mass is 585 g/mol. The number of anilines is 1. The number of ether oxygens (including phenoxy) is 1. The molecule has 0 bridgehead atoms. The van der Waals surface area contributed by atoms with Crippen molar-refractivity contribution in [2.45, 2.75) is 50.6 Å². The number of sulfonamides is 1. The predicted octanol–water partition coefficient (Wildman–Crippen LogP) is 4.92. The third kappa shape index (κ3) is 7.99. The maximum Gasteiger partial charge on any atom is 0.264 e. The van der Waals surface area contributed by atoms with Crippen LogP contribution in [0.1, 0.15) is 32.8 Å². The van der Waals surface area contributed by atoms with Gasteiger partial charge in [0, 0.05) is 17.6 Å². The molecule has 1 N–H and O–H groups in total. The van der Waals surface area contributed by atoms with Crippen LogP contribution < -0.4 is 14.4 Å². The highest BCUT2D eigenvalue weighted by Gasteiger charge is 2.32. The van der Waals surface area contributed by atoms with Gasteiger partial charge in [-0.2, -0.15) is 0 Å². The van der Waals surface area contributed by atoms with Gasteiger partial charge < -0.3 is 15.0 Å². The van der Waals surface area contributed by atoms with E-state index in [9.17, 15) is 18.0 Å². The fraction of sp³-hybridized carbons (Fsp3) is 0.333. The quantitative estimate of drug-likeness (QED) is 0.307. The summed E-state index contributed by atoms with van der Waals surface area (Å²) in [5.74, 6) is -0.319. The van der Waals surface area contributed by atoms with Gasteiger partial charge in [-0.25, -0.2) is 8.42 Å². The summed E-state index contributed by atoms with van der Waals surface area (Å²) in [6.45, 7) is 5.21. The van der Waals surface area contributed by atoms with Gasteiger partial charge in [-0.3, -0.25) is 13.9 Å². The summed E-state index contributed by atoms with van der Waals surface area (Å²) in [6.07, 6.45) is 1.23. The van der Waals surface area contributed by atoms with Crippen molar-refractivity contribution in [3.8, 4) is 5.75 Å². The Labute approximate surface area is 241 Å². The highest BCUT2D eigenvalue weighted by molar-refractivity contribution is 7.92. The summed E-state index contributed by atoms with van der Waals surface area (Å²) in [5, 5.41) is 3.25. The van der Waals surface area contributed by atoms with Crippen LogP contribution >= 0.6 is 11.6 Å². The lowest BCUT2D eigenvalue weighted by Gasteiger charge is -2.32. The number of carbonyl (C=O) groups excluding carboxylic acids is 2. The normalized spacial score (nSPS) is 12.7. The SMILES string of the molecule is CC[C@@H](C)NC(=O)[C@@H](C)N(CCc1ccccc1)C(=O)CN(c1cccc(Cl)c1)S(=O)(=O)c1ccc(OC)cc1. The Balaban J connectivity index is 1.98. The fourth-order valence-electron chi connectivity index (χ4n) is 4.07. The third-order valence-electron chi connectivity index (χ3n) is 6.68. The minimum atomic E-state index is -4.19. The molecule has 0 saturated heterocycles. The van der Waals surface area contributed by atoms with E-state index in [1.807, 2.05) is 44.2 Å². The molecule has 0 saturated carbocycles. The van der Waals surface area contributed by atoms with Crippen molar-refractivity contribution in [1.82, 2.24) is 10.2 Å². The van der Waals surface area contributed by atoms with E-state index in [1.54, 1.807) is 37.3 Å². The Bertz CT molecular complexity index is 1380. The molecule has 2 atom stereocenters. The topological polar surface area (TPSA) is 96.0 Å². The molecule has 0 aromatic heterocycles. The summed E-state index contributed by atoms with van der Waals surface area (Å²) in [5.41, 5.74) is 1.23. The first-order chi connectivity index (χ1) is 19.1. The van der Waals surface area contributed by atoms with E-state index in [0.29, 0.717) is 17.2 Å². The summed E-state index contributed by atoms with van der Waals surface area (Å²) in [6, 6.07) is 20.9. The van der Waals surface area contributed by atoms with Crippen LogP contribution in [0, 0.1) is 0 Å². The van der Waals surface area contributed by atoms with Gasteiger partial charge in [0.15, 0.2) is 0 Å². The Kier molecular flexibility index (Phi) is 11.0. The molecule has 0 aliphatic heterocycles. The molecule has 0 aliphatic carbocycles. The molecule has 214 valence electrons. The van der Waals surface area contributed by atoms with Gasteiger partial charge >= 0.3 is 0 Å². The van der Waals surface area contributed by atoms with E-state index >= 15 is 0 Å². The number of carbonyl (C=O) groups is 2. The van der Waals surface area contributed by atoms with Gasteiger partial charge in [0.2, 0.25) is 11.8 Å². The fourth-order valence-corrected chi connectivity index (χ4v) is 5.66. The van der Waals surface area contributed by atoms with E-state index in [0.717, 1.165) is 16.3 Å². The van der Waals surface area contributed by atoms with Crippen LogP contribution in [0.5, 0.6) is 5.75 Å². The number of benzene rings is 3. The largest absolute Gasteiger partial charge is 0.497 e. The van der Waals surface area contributed by atoms with Crippen molar-refractivity contribution >= 4 is 39.1 Å². The number of hydrogen-bond acceptors (Lipinski definition) is 5. The molecule has 0 spiro atoms. The molecule has 3 aromatic rings. The number of hydrogen-bond donors (Lipinski definition) is 1. The van der Waals surface area contributed by atoms with Crippen LogP contribution in [0.3, 0.4) is 0 Å². The molecule has 0 unspecified atom stereocenters. The number of nitrogens with one attached hydrogen (secondary N) is 1. The number of amides is 2. The number of halogens is 1. The lowest BCUT2D eigenvalue weighted by atomic mass is 10.1. The number of methoxy groups -OCH3 is 1. The molecule has 3 aromatic carbocycles. The van der Waals surface area contributed by atoms with E-state index < -0.39 is 28.5 Å². The van der Waals surface area contributed by atoms with Gasteiger partial charge in [0.1, 0.15) is 18.3 Å². The summed E-state index contributed by atoms with van der Waals surface area (Å²) >= 11 is 6.21. The van der Waals surface area contributed by atoms with Gasteiger partial charge in [-0.1, -0.05) is 54.9 Å². The highest BCUT2D eigenvalue weighted by Crippen LogP contribution is 2.27. The molecule has 40 heavy (non-hydrogen) atoms. The molecule has 0 fully saturated rings. The van der Waals surface area contributed by atoms with Crippen LogP contribution in [-0.2, 0) is 26.0 Å². The van der Waals surface area contributed by atoms with Crippen molar-refractivity contribution in [1.29, 1.82) is 0 Å². The summed E-state index contributed by atoms with van der Waals surface area (Å²) in [7, 11) is -2.70. The van der Waals surface area contributed by atoms with Gasteiger partial charge in [0.25, 0.3) is 10.0 Å². The zero-order valence-corrected chi connectivity index (χ0v) is 24.8. The molecule has 2 amide bonds. The van der Waals surface area contributed by atoms with Gasteiger partial charge in [0.05, 0.1) is 17.7 Å². The number of nitrogens with zero attached hydrogens (tertiary/aromatic N) is 2. The van der Waals surface area contributed by atoms with Gasteiger partial charge in [-0.05, 0) is 74.7 Å². The molecular formula is C30H36ClN3O5S. The van der Waals surface area contributed by atoms with Crippen LogP contribution in [0.4, 0.5) is 5.69 Å². The van der Waals surface area contributed by atoms with Crippen LogP contribution in [-0.4, -0.2) is 57.4 Å². The van der Waals surface area contributed by atoms with Crippen LogP contribution in [0.2, 0.25) is 5.02 Å². The number of rotatable bonds is 13. The van der Waals surface area contributed by atoms with E-state index in [1.165, 1.54) is 30.2 Å². The molecule has 0 radical (unpaired) electrons. The third-order valence-corrected chi connectivity index (χ3v) is 8.70. The first-order valence-corrected chi connectivity index (χ1v) is 14.9. The zero-order valence-electron chi connectivity index (χ0n) is 23.2. The molecule has 3 rings (SSSR count). The summed E-state index contributed by atoms with van der Waals surface area (Å²) < 4.78 is 33.9. The maximum absolute atomic E-state index is 13.9. The van der Waals surface area contributed by atoms with Crippen LogP contribution in [0.25, 0.3) is 0 Å². The molecular weight excluding hydrogens is 550 g/mol. The Hall–Kier alpha value is -3.56. The molecule has 8 nitrogen and oxygen atoms in total. The maximum atomic E-state index is 13.9. The van der Waals surface area contributed by atoms with E-state index in [2.05, 4.69) is 5.32 Å². The Morgan fingerprint density at radius 2 is 1.65 bits per heavy atom. The minimum absolute atomic E-state index is 0.0144. The van der Waals surface area contributed by atoms with E-state index in [4.69, 9.17) is 16.3 Å². The Morgan fingerprint density at radius 1 is 0.975 bits per heavy atom. The van der Waals surface area contributed by atoms with Crippen molar-refractivity contribution in [3.63, 3.8) is 0 Å². The van der Waals surface area contributed by atoms with Gasteiger partial charge in [-0.15, -0.1) is 0 Å². The second kappa shape index (κ2) is 14.2. The average molecular weight is 586 g/mol. The van der Waals surface area contributed by atoms with Crippen LogP contribution in [0.15, 0.2) is 83.8 Å². The zero-order chi connectivity index (χ0) is 29.3. The first-order valence-electron chi connectivity index (χ1n) is 13.1. The molecule has 10 heteroatoms. The smallest absolute Gasteiger partial charge is 0.264 e. The lowest BCUT2D eigenvalue weighted by Crippen LogP contribution is -2.53. The summed E-state index contributed by atoms with van der Waals surface area (Å²) in [4.78, 5) is 28.4. The van der Waals surface area contributed by atoms with Crippen molar-refractivity contribution in [3.05, 3.63) is 89.4 Å². The average Bonchev–Trinajstić information content (AvgIpc) is 2.96. The molecule has 0 heterocycles. The second-order valence-corrected chi connectivity index (χ2v) is 11.8. The lowest BCUT2D eigenvalue weighted by molar-refractivity contribution is -0.139. The first kappa shape index (κ1) is 31.0. The second-order valence-electron chi connectivity index (χ2n) is 9.48. The van der Waals surface area contributed by atoms with Crippen molar-refractivity contribution in [2.75, 3.05) is 24.5 Å². The highest BCUT2D eigenvalue weighted by atomic mass is 35.5.